The van der Waals surface area contributed by atoms with Crippen LogP contribution < -0.4 is 9.47 Å². The number of benzene rings is 1. The molecule has 1 aromatic carbocycles. The zero-order valence-electron chi connectivity index (χ0n) is 14.7. The molecule has 1 aromatic heterocycles. The Labute approximate surface area is 164 Å². The molecule has 7 nitrogen and oxygen atoms in total. The molecule has 27 heavy (non-hydrogen) atoms. The number of nitrogens with zero attached hydrogens (tertiary/aromatic N) is 3. The maximum atomic E-state index is 12.8. The first-order valence-corrected chi connectivity index (χ1v) is 9.73. The third kappa shape index (κ3) is 4.02. The predicted octanol–water partition coefficient (Wildman–Crippen LogP) is 3.43. The normalized spacial score (nSPS) is 18.0. The fourth-order valence-corrected chi connectivity index (χ4v) is 4.45. The summed E-state index contributed by atoms with van der Waals surface area (Å²) in [5, 5.41) is 26.6. The average Bonchev–Trinajstić information content (AvgIpc) is 3.24. The fraction of sp³-hybridized carbons (Fsp3) is 0.278. The molecule has 0 radical (unpaired) electrons. The highest BCUT2D eigenvalue weighted by Crippen LogP contribution is 2.42. The Balaban J connectivity index is 1.86. The summed E-state index contributed by atoms with van der Waals surface area (Å²) in [5.41, 5.74) is 0.743. The van der Waals surface area contributed by atoms with Gasteiger partial charge in [0.15, 0.2) is 23.9 Å². The Morgan fingerprint density at radius 1 is 1.37 bits per heavy atom. The molecule has 0 amide bonds. The Bertz CT molecular complexity index is 962. The lowest BCUT2D eigenvalue weighted by Gasteiger charge is -2.09. The first-order chi connectivity index (χ1) is 13.1. The molecule has 3 rings (SSSR count). The number of allylic oxidation sites excluding steroid dienone is 1. The van der Waals surface area contributed by atoms with Crippen molar-refractivity contribution in [2.75, 3.05) is 13.7 Å². The van der Waals surface area contributed by atoms with E-state index in [9.17, 15) is 4.79 Å². The largest absolute Gasteiger partial charge is 0.493 e. The molecule has 1 aliphatic heterocycles. The van der Waals surface area contributed by atoms with Crippen LogP contribution in [0.4, 0.5) is 0 Å². The molecule has 0 spiro atoms. The second kappa shape index (κ2) is 8.33. The Morgan fingerprint density at radius 3 is 2.85 bits per heavy atom. The SMILES string of the molecule is CCc1nnc([C@H]2C(=N)S/C(=C\c3ccc(OCC#N)c(OC)c3)C2=O)s1. The Kier molecular flexibility index (Phi) is 5.88. The first kappa shape index (κ1) is 19.1. The summed E-state index contributed by atoms with van der Waals surface area (Å²) in [5.74, 6) is 0.114. The summed E-state index contributed by atoms with van der Waals surface area (Å²) in [6.07, 6.45) is 2.47. The van der Waals surface area contributed by atoms with Crippen molar-refractivity contribution in [1.82, 2.24) is 10.2 Å². The van der Waals surface area contributed by atoms with Gasteiger partial charge in [-0.2, -0.15) is 5.26 Å². The molecule has 0 saturated carbocycles. The van der Waals surface area contributed by atoms with Crippen molar-refractivity contribution in [3.05, 3.63) is 38.7 Å². The summed E-state index contributed by atoms with van der Waals surface area (Å²) >= 11 is 2.51. The molecule has 1 saturated heterocycles. The lowest BCUT2D eigenvalue weighted by Crippen LogP contribution is -2.11. The average molecular weight is 400 g/mol. The van der Waals surface area contributed by atoms with Gasteiger partial charge < -0.3 is 9.47 Å². The summed E-state index contributed by atoms with van der Waals surface area (Å²) in [6.45, 7) is 1.90. The number of ether oxygens (including phenoxy) is 2. The van der Waals surface area contributed by atoms with Crippen molar-refractivity contribution in [2.45, 2.75) is 19.3 Å². The van der Waals surface area contributed by atoms with Crippen molar-refractivity contribution in [3.8, 4) is 17.6 Å². The summed E-state index contributed by atoms with van der Waals surface area (Å²) in [6, 6.07) is 7.09. The van der Waals surface area contributed by atoms with Crippen LogP contribution in [0.1, 0.15) is 28.4 Å². The minimum absolute atomic E-state index is 0.0778. The second-order valence-corrected chi connectivity index (χ2v) is 7.69. The van der Waals surface area contributed by atoms with Gasteiger partial charge in [0.25, 0.3) is 0 Å². The van der Waals surface area contributed by atoms with Crippen molar-refractivity contribution >= 4 is 40.0 Å². The van der Waals surface area contributed by atoms with Crippen LogP contribution in [0.25, 0.3) is 6.08 Å². The monoisotopic (exact) mass is 400 g/mol. The number of methoxy groups -OCH3 is 1. The van der Waals surface area contributed by atoms with E-state index in [-0.39, 0.29) is 17.4 Å². The Morgan fingerprint density at radius 2 is 2.19 bits per heavy atom. The third-order valence-corrected chi connectivity index (χ3v) is 5.92. The van der Waals surface area contributed by atoms with Crippen LogP contribution in [0.15, 0.2) is 23.1 Å². The highest BCUT2D eigenvalue weighted by Gasteiger charge is 2.39. The third-order valence-electron chi connectivity index (χ3n) is 3.80. The van der Waals surface area contributed by atoms with Gasteiger partial charge in [-0.1, -0.05) is 24.8 Å². The standard InChI is InChI=1S/C18H16N4O3S2/c1-3-14-21-22-18(27-14)15-16(23)13(26-17(15)20)9-10-4-5-11(25-7-6-19)12(8-10)24-2/h4-5,8-9,15,20H,3,7H2,1-2H3/b13-9-,20-17?/t15-/m1/s1. The van der Waals surface area contributed by atoms with E-state index in [1.807, 2.05) is 13.0 Å². The number of ketones is 1. The molecule has 1 atom stereocenters. The number of thioether (sulfide) groups is 1. The van der Waals surface area contributed by atoms with Crippen LogP contribution in [-0.4, -0.2) is 34.7 Å². The molecular formula is C18H16N4O3S2. The zero-order valence-corrected chi connectivity index (χ0v) is 16.3. The molecule has 1 aliphatic rings. The summed E-state index contributed by atoms with van der Waals surface area (Å²) in [7, 11) is 1.51. The fourth-order valence-electron chi connectivity index (χ4n) is 2.49. The number of hydrogen-bond donors (Lipinski definition) is 1. The van der Waals surface area contributed by atoms with Crippen LogP contribution in [0.5, 0.6) is 11.5 Å². The van der Waals surface area contributed by atoms with E-state index >= 15 is 0 Å². The number of nitrogens with one attached hydrogen (secondary N) is 1. The minimum Gasteiger partial charge on any atom is -0.493 e. The van der Waals surface area contributed by atoms with E-state index in [2.05, 4.69) is 10.2 Å². The van der Waals surface area contributed by atoms with Crippen molar-refractivity contribution in [1.29, 1.82) is 10.7 Å². The number of Topliss-reactive ketones (excluding diaryl/α,β-unsaturated/α-hetero) is 1. The van der Waals surface area contributed by atoms with E-state index in [4.69, 9.17) is 20.1 Å². The van der Waals surface area contributed by atoms with Gasteiger partial charge in [0.05, 0.1) is 17.1 Å². The smallest absolute Gasteiger partial charge is 0.186 e. The lowest BCUT2D eigenvalue weighted by atomic mass is 10.1. The van der Waals surface area contributed by atoms with Crippen LogP contribution in [0.2, 0.25) is 0 Å². The number of carbonyl (C=O) groups is 1. The molecule has 2 aromatic rings. The van der Waals surface area contributed by atoms with E-state index in [0.29, 0.717) is 21.4 Å². The van der Waals surface area contributed by atoms with Gasteiger partial charge >= 0.3 is 0 Å². The number of carbonyl (C=O) groups excluding carboxylic acids is 1. The molecule has 0 aliphatic carbocycles. The number of aryl methyl sites for hydroxylation is 1. The highest BCUT2D eigenvalue weighted by atomic mass is 32.2. The maximum absolute atomic E-state index is 12.8. The van der Waals surface area contributed by atoms with Crippen molar-refractivity contribution in [3.63, 3.8) is 0 Å². The van der Waals surface area contributed by atoms with Crippen LogP contribution in [0.3, 0.4) is 0 Å². The topological polar surface area (TPSA) is 109 Å². The van der Waals surface area contributed by atoms with Gasteiger partial charge in [-0.05, 0) is 30.2 Å². The molecular weight excluding hydrogens is 384 g/mol. The van der Waals surface area contributed by atoms with Crippen molar-refractivity contribution < 1.29 is 14.3 Å². The molecule has 9 heteroatoms. The van der Waals surface area contributed by atoms with E-state index in [0.717, 1.165) is 28.8 Å². The van der Waals surface area contributed by atoms with E-state index in [1.54, 1.807) is 24.3 Å². The van der Waals surface area contributed by atoms with Crippen LogP contribution in [0, 0.1) is 16.7 Å². The summed E-state index contributed by atoms with van der Waals surface area (Å²) < 4.78 is 10.6. The first-order valence-electron chi connectivity index (χ1n) is 8.09. The van der Waals surface area contributed by atoms with E-state index < -0.39 is 5.92 Å². The van der Waals surface area contributed by atoms with Gasteiger partial charge in [-0.25, -0.2) is 0 Å². The van der Waals surface area contributed by atoms with Gasteiger partial charge in [-0.15, -0.1) is 21.5 Å². The number of rotatable bonds is 6. The maximum Gasteiger partial charge on any atom is 0.186 e. The van der Waals surface area contributed by atoms with Gasteiger partial charge in [0.2, 0.25) is 0 Å². The second-order valence-electron chi connectivity index (χ2n) is 5.52. The molecule has 138 valence electrons. The van der Waals surface area contributed by atoms with Crippen LogP contribution in [-0.2, 0) is 11.2 Å². The minimum atomic E-state index is -0.667. The molecule has 2 heterocycles. The zero-order chi connectivity index (χ0) is 19.4. The van der Waals surface area contributed by atoms with Crippen LogP contribution >= 0.6 is 23.1 Å². The molecule has 0 bridgehead atoms. The Hall–Kier alpha value is -2.70. The number of hydrogen-bond acceptors (Lipinski definition) is 9. The molecule has 1 N–H and O–H groups in total. The predicted molar refractivity (Wildman–Crippen MR) is 104 cm³/mol. The van der Waals surface area contributed by atoms with E-state index in [1.165, 1.54) is 18.4 Å². The quantitative estimate of drug-likeness (QED) is 0.740. The van der Waals surface area contributed by atoms with Gasteiger partial charge in [-0.3, -0.25) is 10.2 Å². The van der Waals surface area contributed by atoms with Gasteiger partial charge in [0, 0.05) is 0 Å². The van der Waals surface area contributed by atoms with Crippen molar-refractivity contribution in [2.24, 2.45) is 0 Å². The number of nitriles is 1. The van der Waals surface area contributed by atoms with Gasteiger partial charge in [0.1, 0.15) is 22.0 Å². The number of aromatic nitrogens is 2. The molecule has 1 fully saturated rings. The summed E-state index contributed by atoms with van der Waals surface area (Å²) in [4.78, 5) is 13.3. The highest BCUT2D eigenvalue weighted by molar-refractivity contribution is 8.19. The lowest BCUT2D eigenvalue weighted by molar-refractivity contribution is -0.114. The molecule has 0 unspecified atom stereocenters.